The Morgan fingerprint density at radius 2 is 1.67 bits per heavy atom. The number of hydrogen-bond acceptors (Lipinski definition) is 5. The zero-order chi connectivity index (χ0) is 20.7. The van der Waals surface area contributed by atoms with Crippen LogP contribution in [0.2, 0.25) is 0 Å². The van der Waals surface area contributed by atoms with Gasteiger partial charge in [0.2, 0.25) is 5.95 Å². The lowest BCUT2D eigenvalue weighted by Crippen LogP contribution is -2.30. The fraction of sp³-hybridized carbons (Fsp3) is 0.375. The lowest BCUT2D eigenvalue weighted by atomic mass is 10.0. The Balaban J connectivity index is 1.30. The van der Waals surface area contributed by atoms with Crippen molar-refractivity contribution in [1.82, 2.24) is 19.9 Å². The molecule has 154 valence electrons. The van der Waals surface area contributed by atoms with Crippen LogP contribution in [-0.2, 0) is 6.54 Å². The molecular formula is C24H26FN5. The third-order valence-electron chi connectivity index (χ3n) is 6.23. The first kappa shape index (κ1) is 19.1. The van der Waals surface area contributed by atoms with E-state index in [-0.39, 0.29) is 5.82 Å². The summed E-state index contributed by atoms with van der Waals surface area (Å²) < 4.78 is 14.7. The average molecular weight is 404 g/mol. The van der Waals surface area contributed by atoms with Crippen LogP contribution in [0.15, 0.2) is 48.7 Å². The predicted molar refractivity (Wildman–Crippen MR) is 116 cm³/mol. The van der Waals surface area contributed by atoms with E-state index in [1.54, 1.807) is 12.3 Å². The van der Waals surface area contributed by atoms with E-state index in [1.807, 2.05) is 44.2 Å². The number of hydrogen-bond donors (Lipinski definition) is 0. The molecule has 1 aromatic carbocycles. The van der Waals surface area contributed by atoms with Gasteiger partial charge in [0, 0.05) is 55.9 Å². The molecule has 5 rings (SSSR count). The fourth-order valence-corrected chi connectivity index (χ4v) is 4.97. The second-order valence-corrected chi connectivity index (χ2v) is 8.56. The number of likely N-dealkylation sites (tertiary alicyclic amines) is 1. The Bertz CT molecular complexity index is 1020. The zero-order valence-electron chi connectivity index (χ0n) is 17.4. The average Bonchev–Trinajstić information content (AvgIpc) is 3.27. The Kier molecular flexibility index (Phi) is 4.95. The summed E-state index contributed by atoms with van der Waals surface area (Å²) >= 11 is 0. The van der Waals surface area contributed by atoms with Crippen LogP contribution in [0.5, 0.6) is 0 Å². The summed E-state index contributed by atoms with van der Waals surface area (Å²) in [5, 5.41) is 0. The van der Waals surface area contributed by atoms with Crippen LogP contribution in [0.1, 0.15) is 17.0 Å². The van der Waals surface area contributed by atoms with Crippen molar-refractivity contribution in [2.45, 2.75) is 20.4 Å². The third kappa shape index (κ3) is 3.67. The van der Waals surface area contributed by atoms with E-state index in [2.05, 4.69) is 24.8 Å². The van der Waals surface area contributed by atoms with Gasteiger partial charge in [-0.05, 0) is 55.5 Å². The van der Waals surface area contributed by atoms with Crippen LogP contribution >= 0.6 is 0 Å². The minimum absolute atomic E-state index is 0.205. The second-order valence-electron chi connectivity index (χ2n) is 8.56. The highest BCUT2D eigenvalue weighted by molar-refractivity contribution is 5.64. The van der Waals surface area contributed by atoms with Gasteiger partial charge in [-0.25, -0.2) is 14.4 Å². The van der Waals surface area contributed by atoms with E-state index in [0.29, 0.717) is 23.1 Å². The maximum atomic E-state index is 14.7. The minimum Gasteiger partial charge on any atom is -0.340 e. The first-order chi connectivity index (χ1) is 14.6. The molecule has 2 unspecified atom stereocenters. The van der Waals surface area contributed by atoms with Gasteiger partial charge in [0.1, 0.15) is 5.82 Å². The molecule has 0 N–H and O–H groups in total. The third-order valence-corrected chi connectivity index (χ3v) is 6.23. The molecule has 2 fully saturated rings. The monoisotopic (exact) mass is 403 g/mol. The fourth-order valence-electron chi connectivity index (χ4n) is 4.97. The van der Waals surface area contributed by atoms with Gasteiger partial charge in [0.15, 0.2) is 0 Å². The summed E-state index contributed by atoms with van der Waals surface area (Å²) in [5.74, 6) is 1.85. The highest BCUT2D eigenvalue weighted by atomic mass is 19.1. The second kappa shape index (κ2) is 7.76. The van der Waals surface area contributed by atoms with E-state index in [4.69, 9.17) is 0 Å². The van der Waals surface area contributed by atoms with Gasteiger partial charge in [0.05, 0.1) is 5.69 Å². The normalized spacial score (nSPS) is 21.2. The van der Waals surface area contributed by atoms with Crippen LogP contribution in [0.25, 0.3) is 11.3 Å². The molecule has 2 atom stereocenters. The van der Waals surface area contributed by atoms with E-state index in [9.17, 15) is 4.39 Å². The maximum Gasteiger partial charge on any atom is 0.225 e. The number of nitrogens with zero attached hydrogens (tertiary/aromatic N) is 5. The van der Waals surface area contributed by atoms with Crippen molar-refractivity contribution in [2.75, 3.05) is 31.1 Å². The summed E-state index contributed by atoms with van der Waals surface area (Å²) in [6.45, 7) is 8.80. The number of rotatable bonds is 4. The van der Waals surface area contributed by atoms with Crippen LogP contribution in [0.3, 0.4) is 0 Å². The SMILES string of the molecule is Cc1cc(C)nc(N2CC3CN(Cc4cccc(F)c4-c4ccccn4)CC3C2)n1. The molecule has 2 aromatic heterocycles. The molecule has 3 aromatic rings. The molecule has 0 radical (unpaired) electrons. The molecule has 0 saturated carbocycles. The standard InChI is InChI=1S/C24H26FN5/c1-16-10-17(2)28-24(27-16)30-14-19-12-29(13-20(19)15-30)11-18-6-5-7-21(25)23(18)22-8-3-4-9-26-22/h3-10,19-20H,11-15H2,1-2H3. The first-order valence-corrected chi connectivity index (χ1v) is 10.5. The zero-order valence-corrected chi connectivity index (χ0v) is 17.4. The summed E-state index contributed by atoms with van der Waals surface area (Å²) in [7, 11) is 0. The Morgan fingerprint density at radius 1 is 0.933 bits per heavy atom. The highest BCUT2D eigenvalue weighted by Crippen LogP contribution is 2.35. The molecule has 2 aliphatic heterocycles. The van der Waals surface area contributed by atoms with Crippen LogP contribution in [0.4, 0.5) is 10.3 Å². The number of aryl methyl sites for hydroxylation is 2. The van der Waals surface area contributed by atoms with Gasteiger partial charge < -0.3 is 4.90 Å². The molecule has 0 spiro atoms. The largest absolute Gasteiger partial charge is 0.340 e. The van der Waals surface area contributed by atoms with Crippen LogP contribution in [-0.4, -0.2) is 46.0 Å². The van der Waals surface area contributed by atoms with Gasteiger partial charge in [-0.2, -0.15) is 0 Å². The number of aromatic nitrogens is 3. The van der Waals surface area contributed by atoms with Crippen molar-refractivity contribution in [3.05, 3.63) is 71.4 Å². The topological polar surface area (TPSA) is 45.2 Å². The van der Waals surface area contributed by atoms with Crippen molar-refractivity contribution >= 4 is 5.95 Å². The Morgan fingerprint density at radius 3 is 2.33 bits per heavy atom. The predicted octanol–water partition coefficient (Wildman–Crippen LogP) is 3.86. The number of halogens is 1. The number of fused-ring (bicyclic) bond motifs is 1. The number of benzene rings is 1. The van der Waals surface area contributed by atoms with E-state index in [1.165, 1.54) is 6.07 Å². The van der Waals surface area contributed by atoms with Crippen LogP contribution in [0, 0.1) is 31.5 Å². The van der Waals surface area contributed by atoms with Gasteiger partial charge >= 0.3 is 0 Å². The number of anilines is 1. The van der Waals surface area contributed by atoms with E-state index >= 15 is 0 Å². The van der Waals surface area contributed by atoms with Gasteiger partial charge in [0.25, 0.3) is 0 Å². The van der Waals surface area contributed by atoms with Crippen molar-refractivity contribution < 1.29 is 4.39 Å². The molecule has 4 heterocycles. The smallest absolute Gasteiger partial charge is 0.225 e. The molecule has 2 saturated heterocycles. The lowest BCUT2D eigenvalue weighted by Gasteiger charge is -2.23. The summed E-state index contributed by atoms with van der Waals surface area (Å²) in [5.41, 5.74) is 4.36. The molecule has 0 amide bonds. The molecule has 0 bridgehead atoms. The summed E-state index contributed by atoms with van der Waals surface area (Å²) in [6, 6.07) is 13.0. The Labute approximate surface area is 176 Å². The van der Waals surface area contributed by atoms with Gasteiger partial charge in [-0.3, -0.25) is 9.88 Å². The Hall–Kier alpha value is -2.86. The quantitative estimate of drug-likeness (QED) is 0.662. The lowest BCUT2D eigenvalue weighted by molar-refractivity contribution is 0.308. The highest BCUT2D eigenvalue weighted by Gasteiger charge is 2.41. The van der Waals surface area contributed by atoms with Crippen molar-refractivity contribution in [1.29, 1.82) is 0 Å². The van der Waals surface area contributed by atoms with Crippen molar-refractivity contribution in [3.8, 4) is 11.3 Å². The van der Waals surface area contributed by atoms with E-state index < -0.39 is 0 Å². The summed E-state index contributed by atoms with van der Waals surface area (Å²) in [4.78, 5) is 18.4. The molecular weight excluding hydrogens is 377 g/mol. The molecule has 0 aliphatic carbocycles. The van der Waals surface area contributed by atoms with Crippen molar-refractivity contribution in [3.63, 3.8) is 0 Å². The molecule has 5 nitrogen and oxygen atoms in total. The van der Waals surface area contributed by atoms with Gasteiger partial charge in [-0.15, -0.1) is 0 Å². The molecule has 2 aliphatic rings. The maximum absolute atomic E-state index is 14.7. The van der Waals surface area contributed by atoms with E-state index in [0.717, 1.165) is 55.6 Å². The number of pyridine rings is 1. The first-order valence-electron chi connectivity index (χ1n) is 10.5. The van der Waals surface area contributed by atoms with Crippen molar-refractivity contribution in [2.24, 2.45) is 11.8 Å². The van der Waals surface area contributed by atoms with Gasteiger partial charge in [-0.1, -0.05) is 18.2 Å². The minimum atomic E-state index is -0.205. The molecule has 6 heteroatoms. The van der Waals surface area contributed by atoms with Crippen LogP contribution < -0.4 is 4.90 Å². The summed E-state index contributed by atoms with van der Waals surface area (Å²) in [6.07, 6.45) is 1.72. The molecule has 30 heavy (non-hydrogen) atoms.